The van der Waals surface area contributed by atoms with Crippen LogP contribution in [0.3, 0.4) is 0 Å². The standard InChI is InChI=1S/C13H20N6O/c1-6-9-7(2)15-12(16-11(9)17-14)10-8(3)18-19(4)13(10)20-5/h6,14H2,1-5H3,(H,15,16,17). The molecule has 2 heterocycles. The Hall–Kier alpha value is -2.15. The predicted octanol–water partition coefficient (Wildman–Crippen LogP) is 1.35. The fourth-order valence-electron chi connectivity index (χ4n) is 2.38. The average molecular weight is 276 g/mol. The van der Waals surface area contributed by atoms with Crippen LogP contribution in [0.5, 0.6) is 5.88 Å². The van der Waals surface area contributed by atoms with Crippen LogP contribution in [-0.4, -0.2) is 26.9 Å². The number of rotatable bonds is 4. The molecule has 3 N–H and O–H groups in total. The summed E-state index contributed by atoms with van der Waals surface area (Å²) in [6, 6.07) is 0. The first kappa shape index (κ1) is 14.3. The number of ether oxygens (including phenoxy) is 1. The van der Waals surface area contributed by atoms with E-state index in [2.05, 4.69) is 20.5 Å². The van der Waals surface area contributed by atoms with Gasteiger partial charge in [0.2, 0.25) is 5.88 Å². The van der Waals surface area contributed by atoms with Crippen LogP contribution in [0.4, 0.5) is 5.82 Å². The van der Waals surface area contributed by atoms with Crippen molar-refractivity contribution in [1.29, 1.82) is 0 Å². The van der Waals surface area contributed by atoms with Crippen molar-refractivity contribution < 1.29 is 4.74 Å². The molecular formula is C13H20N6O. The minimum Gasteiger partial charge on any atom is -0.481 e. The van der Waals surface area contributed by atoms with Gasteiger partial charge in [0.1, 0.15) is 11.4 Å². The Morgan fingerprint density at radius 2 is 1.95 bits per heavy atom. The Balaban J connectivity index is 2.68. The van der Waals surface area contributed by atoms with Crippen molar-refractivity contribution in [1.82, 2.24) is 19.7 Å². The van der Waals surface area contributed by atoms with Crippen LogP contribution in [-0.2, 0) is 13.5 Å². The van der Waals surface area contributed by atoms with Crippen LogP contribution in [0.25, 0.3) is 11.4 Å². The van der Waals surface area contributed by atoms with Crippen LogP contribution < -0.4 is 16.0 Å². The molecule has 0 radical (unpaired) electrons. The first-order valence-corrected chi connectivity index (χ1v) is 6.45. The molecule has 0 spiro atoms. The summed E-state index contributed by atoms with van der Waals surface area (Å²) >= 11 is 0. The lowest BCUT2D eigenvalue weighted by Crippen LogP contribution is -2.13. The van der Waals surface area contributed by atoms with Crippen molar-refractivity contribution in [2.45, 2.75) is 27.2 Å². The van der Waals surface area contributed by atoms with E-state index < -0.39 is 0 Å². The number of hydrogen-bond donors (Lipinski definition) is 2. The molecule has 2 aromatic heterocycles. The number of aromatic nitrogens is 4. The minimum absolute atomic E-state index is 0.565. The van der Waals surface area contributed by atoms with Gasteiger partial charge in [-0.05, 0) is 20.3 Å². The van der Waals surface area contributed by atoms with Crippen molar-refractivity contribution in [3.05, 3.63) is 17.0 Å². The van der Waals surface area contributed by atoms with Crippen molar-refractivity contribution in [3.8, 4) is 17.3 Å². The normalized spacial score (nSPS) is 10.7. The molecule has 0 fully saturated rings. The van der Waals surface area contributed by atoms with E-state index in [1.807, 2.05) is 27.8 Å². The van der Waals surface area contributed by atoms with E-state index in [0.717, 1.165) is 28.9 Å². The number of nitrogens with zero attached hydrogens (tertiary/aromatic N) is 4. The van der Waals surface area contributed by atoms with Gasteiger partial charge in [0.05, 0.1) is 12.8 Å². The maximum absolute atomic E-state index is 5.56. The molecule has 0 atom stereocenters. The van der Waals surface area contributed by atoms with E-state index in [1.165, 1.54) is 0 Å². The van der Waals surface area contributed by atoms with E-state index in [4.69, 9.17) is 10.6 Å². The summed E-state index contributed by atoms with van der Waals surface area (Å²) < 4.78 is 7.06. The van der Waals surface area contributed by atoms with Crippen LogP contribution in [0.1, 0.15) is 23.9 Å². The first-order valence-electron chi connectivity index (χ1n) is 6.45. The highest BCUT2D eigenvalue weighted by atomic mass is 16.5. The molecule has 0 aliphatic carbocycles. The molecule has 7 heteroatoms. The summed E-state index contributed by atoms with van der Waals surface area (Å²) in [7, 11) is 3.43. The number of hydrogen-bond acceptors (Lipinski definition) is 6. The maximum atomic E-state index is 5.56. The van der Waals surface area contributed by atoms with Crippen molar-refractivity contribution in [3.63, 3.8) is 0 Å². The number of aryl methyl sites for hydroxylation is 3. The quantitative estimate of drug-likeness (QED) is 0.647. The molecular weight excluding hydrogens is 256 g/mol. The summed E-state index contributed by atoms with van der Waals surface area (Å²) in [6.45, 7) is 5.89. The molecule has 0 aliphatic rings. The van der Waals surface area contributed by atoms with E-state index in [-0.39, 0.29) is 0 Å². The molecule has 2 rings (SSSR count). The third-order valence-corrected chi connectivity index (χ3v) is 3.29. The van der Waals surface area contributed by atoms with Gasteiger partial charge < -0.3 is 10.2 Å². The van der Waals surface area contributed by atoms with Gasteiger partial charge in [0.15, 0.2) is 5.82 Å². The maximum Gasteiger partial charge on any atom is 0.222 e. The zero-order chi connectivity index (χ0) is 14.9. The highest BCUT2D eigenvalue weighted by Gasteiger charge is 2.20. The Morgan fingerprint density at radius 3 is 2.50 bits per heavy atom. The lowest BCUT2D eigenvalue weighted by molar-refractivity contribution is 0.374. The van der Waals surface area contributed by atoms with E-state index in [0.29, 0.717) is 17.5 Å². The lowest BCUT2D eigenvalue weighted by atomic mass is 10.1. The molecule has 0 aliphatic heterocycles. The Morgan fingerprint density at radius 1 is 1.25 bits per heavy atom. The number of nitrogen functional groups attached to an aromatic ring is 1. The molecule has 0 saturated heterocycles. The van der Waals surface area contributed by atoms with Crippen molar-refractivity contribution in [2.24, 2.45) is 12.9 Å². The number of anilines is 1. The zero-order valence-corrected chi connectivity index (χ0v) is 12.5. The molecule has 0 aromatic carbocycles. The topological polar surface area (TPSA) is 90.9 Å². The van der Waals surface area contributed by atoms with Gasteiger partial charge >= 0.3 is 0 Å². The molecule has 0 bridgehead atoms. The Bertz CT molecular complexity index is 634. The van der Waals surface area contributed by atoms with Gasteiger partial charge in [-0.1, -0.05) is 6.92 Å². The number of methoxy groups -OCH3 is 1. The molecule has 2 aromatic rings. The largest absolute Gasteiger partial charge is 0.481 e. The van der Waals surface area contributed by atoms with Crippen molar-refractivity contribution >= 4 is 5.82 Å². The van der Waals surface area contributed by atoms with E-state index >= 15 is 0 Å². The summed E-state index contributed by atoms with van der Waals surface area (Å²) in [4.78, 5) is 9.06. The molecule has 20 heavy (non-hydrogen) atoms. The molecule has 0 amide bonds. The fourth-order valence-corrected chi connectivity index (χ4v) is 2.38. The first-order chi connectivity index (χ1) is 9.53. The van der Waals surface area contributed by atoms with Gasteiger partial charge in [-0.3, -0.25) is 0 Å². The zero-order valence-electron chi connectivity index (χ0n) is 12.5. The Kier molecular flexibility index (Phi) is 3.89. The van der Waals surface area contributed by atoms with Crippen LogP contribution in [0.15, 0.2) is 0 Å². The van der Waals surface area contributed by atoms with Gasteiger partial charge in [-0.25, -0.2) is 20.5 Å². The Labute approximate surface area is 118 Å². The van der Waals surface area contributed by atoms with E-state index in [9.17, 15) is 0 Å². The smallest absolute Gasteiger partial charge is 0.222 e. The molecule has 108 valence electrons. The second kappa shape index (κ2) is 5.46. The fraction of sp³-hybridized carbons (Fsp3) is 0.462. The molecule has 0 unspecified atom stereocenters. The lowest BCUT2D eigenvalue weighted by Gasteiger charge is -2.11. The second-order valence-electron chi connectivity index (χ2n) is 4.55. The predicted molar refractivity (Wildman–Crippen MR) is 77.4 cm³/mol. The summed E-state index contributed by atoms with van der Waals surface area (Å²) in [5.74, 6) is 7.40. The van der Waals surface area contributed by atoms with Gasteiger partial charge in [-0.15, -0.1) is 0 Å². The minimum atomic E-state index is 0.565. The summed E-state index contributed by atoms with van der Waals surface area (Å²) in [5.41, 5.74) is 6.16. The van der Waals surface area contributed by atoms with Crippen LogP contribution in [0.2, 0.25) is 0 Å². The van der Waals surface area contributed by atoms with Crippen molar-refractivity contribution in [2.75, 3.05) is 12.5 Å². The average Bonchev–Trinajstić information content (AvgIpc) is 2.71. The number of nitrogens with two attached hydrogens (primary N) is 1. The van der Waals surface area contributed by atoms with Gasteiger partial charge in [0.25, 0.3) is 0 Å². The monoisotopic (exact) mass is 276 g/mol. The van der Waals surface area contributed by atoms with Crippen LogP contribution in [0, 0.1) is 13.8 Å². The number of nitrogens with one attached hydrogen (secondary N) is 1. The molecule has 7 nitrogen and oxygen atoms in total. The number of hydrazine groups is 1. The highest BCUT2D eigenvalue weighted by Crippen LogP contribution is 2.32. The third kappa shape index (κ3) is 2.20. The highest BCUT2D eigenvalue weighted by molar-refractivity contribution is 5.67. The van der Waals surface area contributed by atoms with Crippen LogP contribution >= 0.6 is 0 Å². The molecule has 0 saturated carbocycles. The van der Waals surface area contributed by atoms with E-state index in [1.54, 1.807) is 11.8 Å². The third-order valence-electron chi connectivity index (χ3n) is 3.29. The summed E-state index contributed by atoms with van der Waals surface area (Å²) in [6.07, 6.45) is 0.814. The second-order valence-corrected chi connectivity index (χ2v) is 4.55. The summed E-state index contributed by atoms with van der Waals surface area (Å²) in [5, 5.41) is 4.35. The SMILES string of the molecule is CCc1c(C)nc(-c2c(C)nn(C)c2OC)nc1NN. The van der Waals surface area contributed by atoms with Gasteiger partial charge in [-0.2, -0.15) is 5.10 Å². The van der Waals surface area contributed by atoms with Gasteiger partial charge in [0, 0.05) is 18.3 Å².